The van der Waals surface area contributed by atoms with Gasteiger partial charge in [0.05, 0.1) is 5.71 Å². The summed E-state index contributed by atoms with van der Waals surface area (Å²) >= 11 is 5.84. The molecule has 0 spiro atoms. The Morgan fingerprint density at radius 2 is 2.07 bits per heavy atom. The molecule has 1 aliphatic rings. The number of hydrogen-bond donors (Lipinski definition) is 0. The molecule has 1 aromatic carbocycles. The van der Waals surface area contributed by atoms with Gasteiger partial charge >= 0.3 is 0 Å². The van der Waals surface area contributed by atoms with Crippen molar-refractivity contribution in [2.24, 2.45) is 11.1 Å². The number of oxime groups is 1. The Balaban J connectivity index is 2.05. The SMILES string of the molecule is CON=C(C)C1CC1c1ccc(Cl)cc1. The van der Waals surface area contributed by atoms with Crippen LogP contribution in [-0.2, 0) is 4.84 Å². The highest BCUT2D eigenvalue weighted by Gasteiger charge is 2.40. The maximum absolute atomic E-state index is 5.84. The van der Waals surface area contributed by atoms with E-state index in [1.165, 1.54) is 12.0 Å². The molecule has 0 radical (unpaired) electrons. The highest BCUT2D eigenvalue weighted by atomic mass is 35.5. The van der Waals surface area contributed by atoms with Crippen LogP contribution in [0.5, 0.6) is 0 Å². The zero-order valence-electron chi connectivity index (χ0n) is 8.90. The summed E-state index contributed by atoms with van der Waals surface area (Å²) in [4.78, 5) is 4.78. The smallest absolute Gasteiger partial charge is 0.106 e. The predicted molar refractivity (Wildman–Crippen MR) is 62.4 cm³/mol. The minimum absolute atomic E-state index is 0.547. The van der Waals surface area contributed by atoms with E-state index in [0.717, 1.165) is 10.7 Å². The van der Waals surface area contributed by atoms with Crippen LogP contribution in [0.25, 0.3) is 0 Å². The van der Waals surface area contributed by atoms with Crippen LogP contribution in [0.4, 0.5) is 0 Å². The summed E-state index contributed by atoms with van der Waals surface area (Å²) in [6.45, 7) is 2.02. The van der Waals surface area contributed by atoms with E-state index in [0.29, 0.717) is 11.8 Å². The molecule has 2 unspecified atom stereocenters. The van der Waals surface area contributed by atoms with Crippen LogP contribution in [-0.4, -0.2) is 12.8 Å². The second kappa shape index (κ2) is 4.23. The molecular formula is C12H14ClNO. The maximum Gasteiger partial charge on any atom is 0.106 e. The Morgan fingerprint density at radius 1 is 1.40 bits per heavy atom. The molecule has 1 saturated carbocycles. The van der Waals surface area contributed by atoms with Gasteiger partial charge in [0.25, 0.3) is 0 Å². The number of rotatable bonds is 3. The Labute approximate surface area is 94.9 Å². The largest absolute Gasteiger partial charge is 0.399 e. The Hall–Kier alpha value is -1.02. The van der Waals surface area contributed by atoms with Crippen molar-refractivity contribution in [1.29, 1.82) is 0 Å². The minimum Gasteiger partial charge on any atom is -0.399 e. The molecule has 0 N–H and O–H groups in total. The molecule has 15 heavy (non-hydrogen) atoms. The lowest BCUT2D eigenvalue weighted by Gasteiger charge is -2.00. The second-order valence-corrected chi connectivity index (χ2v) is 4.35. The minimum atomic E-state index is 0.547. The van der Waals surface area contributed by atoms with Crippen molar-refractivity contribution in [3.63, 3.8) is 0 Å². The van der Waals surface area contributed by atoms with Crippen molar-refractivity contribution in [3.05, 3.63) is 34.9 Å². The van der Waals surface area contributed by atoms with Crippen molar-refractivity contribution in [3.8, 4) is 0 Å². The van der Waals surface area contributed by atoms with Crippen LogP contribution < -0.4 is 0 Å². The monoisotopic (exact) mass is 223 g/mol. The van der Waals surface area contributed by atoms with Gasteiger partial charge in [0.1, 0.15) is 7.11 Å². The van der Waals surface area contributed by atoms with Crippen LogP contribution in [0, 0.1) is 5.92 Å². The van der Waals surface area contributed by atoms with Crippen molar-refractivity contribution < 1.29 is 4.84 Å². The van der Waals surface area contributed by atoms with Crippen LogP contribution >= 0.6 is 11.6 Å². The average Bonchev–Trinajstić information content (AvgIpc) is 2.99. The van der Waals surface area contributed by atoms with E-state index in [2.05, 4.69) is 17.3 Å². The van der Waals surface area contributed by atoms with Crippen LogP contribution in [0.15, 0.2) is 29.4 Å². The third kappa shape index (κ3) is 2.32. The molecule has 1 aromatic rings. The third-order valence-corrected chi connectivity index (χ3v) is 3.11. The first kappa shape index (κ1) is 10.5. The summed E-state index contributed by atoms with van der Waals surface area (Å²) in [6.07, 6.45) is 1.17. The highest BCUT2D eigenvalue weighted by molar-refractivity contribution is 6.30. The number of hydrogen-bond acceptors (Lipinski definition) is 2. The standard InChI is InChI=1S/C12H14ClNO/c1-8(14-15-2)11-7-12(11)9-3-5-10(13)6-4-9/h3-6,11-12H,7H2,1-2H3. The van der Waals surface area contributed by atoms with Crippen molar-refractivity contribution >= 4 is 17.3 Å². The summed E-state index contributed by atoms with van der Waals surface area (Å²) in [5.41, 5.74) is 2.42. The van der Waals surface area contributed by atoms with Gasteiger partial charge in [-0.05, 0) is 37.0 Å². The van der Waals surface area contributed by atoms with E-state index in [1.807, 2.05) is 19.1 Å². The van der Waals surface area contributed by atoms with Gasteiger partial charge in [-0.25, -0.2) is 0 Å². The molecule has 80 valence electrons. The first-order valence-electron chi connectivity index (χ1n) is 5.05. The molecule has 1 aliphatic carbocycles. The summed E-state index contributed by atoms with van der Waals surface area (Å²) in [5.74, 6) is 1.15. The van der Waals surface area contributed by atoms with Gasteiger partial charge in [-0.2, -0.15) is 0 Å². The Bertz CT molecular complexity index is 372. The molecule has 0 bridgehead atoms. The average molecular weight is 224 g/mol. The molecule has 2 atom stereocenters. The molecule has 0 amide bonds. The summed E-state index contributed by atoms with van der Waals surface area (Å²) in [6, 6.07) is 8.06. The van der Waals surface area contributed by atoms with Gasteiger partial charge < -0.3 is 4.84 Å². The zero-order valence-corrected chi connectivity index (χ0v) is 9.66. The highest BCUT2D eigenvalue weighted by Crippen LogP contribution is 2.48. The van der Waals surface area contributed by atoms with Crippen molar-refractivity contribution in [2.45, 2.75) is 19.3 Å². The zero-order chi connectivity index (χ0) is 10.8. The fourth-order valence-electron chi connectivity index (χ4n) is 1.95. The molecule has 2 nitrogen and oxygen atoms in total. The lowest BCUT2D eigenvalue weighted by Crippen LogP contribution is -1.97. The second-order valence-electron chi connectivity index (χ2n) is 3.92. The van der Waals surface area contributed by atoms with Crippen LogP contribution in [0.1, 0.15) is 24.8 Å². The molecule has 2 rings (SSSR count). The van der Waals surface area contributed by atoms with E-state index in [4.69, 9.17) is 16.4 Å². The van der Waals surface area contributed by atoms with Crippen LogP contribution in [0.3, 0.4) is 0 Å². The van der Waals surface area contributed by atoms with Gasteiger partial charge in [0, 0.05) is 10.9 Å². The van der Waals surface area contributed by atoms with Gasteiger partial charge in [-0.3, -0.25) is 0 Å². The maximum atomic E-state index is 5.84. The van der Waals surface area contributed by atoms with Crippen molar-refractivity contribution in [1.82, 2.24) is 0 Å². The van der Waals surface area contributed by atoms with Crippen LogP contribution in [0.2, 0.25) is 5.02 Å². The summed E-state index contributed by atoms with van der Waals surface area (Å²) in [7, 11) is 1.59. The van der Waals surface area contributed by atoms with E-state index < -0.39 is 0 Å². The fourth-order valence-corrected chi connectivity index (χ4v) is 2.07. The van der Waals surface area contributed by atoms with E-state index in [1.54, 1.807) is 7.11 Å². The molecule has 0 aromatic heterocycles. The topological polar surface area (TPSA) is 21.6 Å². The summed E-state index contributed by atoms with van der Waals surface area (Å²) < 4.78 is 0. The summed E-state index contributed by atoms with van der Waals surface area (Å²) in [5, 5.41) is 4.76. The lowest BCUT2D eigenvalue weighted by molar-refractivity contribution is 0.212. The van der Waals surface area contributed by atoms with Gasteiger partial charge in [0.2, 0.25) is 0 Å². The predicted octanol–water partition coefficient (Wildman–Crippen LogP) is 3.47. The Morgan fingerprint density at radius 3 is 2.67 bits per heavy atom. The molecular weight excluding hydrogens is 210 g/mol. The van der Waals surface area contributed by atoms with E-state index in [9.17, 15) is 0 Å². The van der Waals surface area contributed by atoms with Crippen molar-refractivity contribution in [2.75, 3.05) is 7.11 Å². The molecule has 0 aliphatic heterocycles. The first-order valence-corrected chi connectivity index (χ1v) is 5.43. The molecule has 3 heteroatoms. The van der Waals surface area contributed by atoms with Gasteiger partial charge in [-0.1, -0.05) is 28.9 Å². The fraction of sp³-hybridized carbons (Fsp3) is 0.417. The van der Waals surface area contributed by atoms with E-state index >= 15 is 0 Å². The molecule has 0 heterocycles. The molecule has 1 fully saturated rings. The number of nitrogens with zero attached hydrogens (tertiary/aromatic N) is 1. The number of halogens is 1. The third-order valence-electron chi connectivity index (χ3n) is 2.86. The van der Waals surface area contributed by atoms with Gasteiger partial charge in [0.15, 0.2) is 0 Å². The first-order chi connectivity index (χ1) is 7.22. The number of benzene rings is 1. The Kier molecular flexibility index (Phi) is 2.96. The quantitative estimate of drug-likeness (QED) is 0.568. The van der Waals surface area contributed by atoms with Gasteiger partial charge in [-0.15, -0.1) is 0 Å². The molecule has 0 saturated heterocycles. The normalized spacial score (nSPS) is 25.1. The van der Waals surface area contributed by atoms with E-state index in [-0.39, 0.29) is 0 Å². The lowest BCUT2D eigenvalue weighted by atomic mass is 10.1.